The van der Waals surface area contributed by atoms with Crippen molar-refractivity contribution in [2.45, 2.75) is 32.7 Å². The zero-order valence-corrected chi connectivity index (χ0v) is 10.2. The molecule has 0 atom stereocenters. The molecular weight excluding hydrogens is 258 g/mol. The van der Waals surface area contributed by atoms with Gasteiger partial charge in [-0.15, -0.1) is 0 Å². The van der Waals surface area contributed by atoms with Crippen LogP contribution in [0.15, 0.2) is 16.7 Å². The van der Waals surface area contributed by atoms with E-state index in [1.165, 1.54) is 19.3 Å². The molecule has 15 heavy (non-hydrogen) atoms. The molecule has 1 saturated carbocycles. The van der Waals surface area contributed by atoms with Crippen LogP contribution in [0.3, 0.4) is 0 Å². The molecular formula is C11H14BrNO2. The van der Waals surface area contributed by atoms with Gasteiger partial charge in [-0.05, 0) is 40.3 Å². The van der Waals surface area contributed by atoms with E-state index < -0.39 is 5.97 Å². The van der Waals surface area contributed by atoms with Gasteiger partial charge in [-0.25, -0.2) is 4.79 Å². The van der Waals surface area contributed by atoms with E-state index in [1.54, 1.807) is 6.07 Å². The maximum Gasteiger partial charge on any atom is 0.352 e. The molecule has 0 unspecified atom stereocenters. The third-order valence-corrected chi connectivity index (χ3v) is 3.63. The molecule has 4 heteroatoms. The van der Waals surface area contributed by atoms with Crippen molar-refractivity contribution in [3.05, 3.63) is 22.4 Å². The summed E-state index contributed by atoms with van der Waals surface area (Å²) in [6.07, 6.45) is 5.51. The molecule has 0 saturated heterocycles. The van der Waals surface area contributed by atoms with Crippen molar-refractivity contribution in [3.63, 3.8) is 0 Å². The van der Waals surface area contributed by atoms with Crippen LogP contribution < -0.4 is 0 Å². The number of aromatic carboxylic acids is 1. The van der Waals surface area contributed by atoms with Crippen molar-refractivity contribution in [2.75, 3.05) is 0 Å². The van der Waals surface area contributed by atoms with Gasteiger partial charge in [0.25, 0.3) is 0 Å². The molecule has 0 aromatic carbocycles. The first-order chi connectivity index (χ1) is 7.00. The summed E-state index contributed by atoms with van der Waals surface area (Å²) in [4.78, 5) is 11.0. The van der Waals surface area contributed by atoms with Gasteiger partial charge in [0.1, 0.15) is 5.69 Å². The lowest BCUT2D eigenvalue weighted by Crippen LogP contribution is -2.31. The molecule has 1 N–H and O–H groups in total. The van der Waals surface area contributed by atoms with E-state index in [0.29, 0.717) is 11.1 Å². The minimum Gasteiger partial charge on any atom is -0.477 e. The van der Waals surface area contributed by atoms with E-state index in [1.807, 2.05) is 10.8 Å². The van der Waals surface area contributed by atoms with E-state index in [9.17, 15) is 4.79 Å². The standard InChI is InChI=1S/C11H14BrNO2/c1-11(3-2-4-11)7-13-6-8(12)5-9(13)10(14)15/h5-6H,2-4,7H2,1H3,(H,14,15). The van der Waals surface area contributed by atoms with Crippen molar-refractivity contribution in [1.29, 1.82) is 0 Å². The molecule has 82 valence electrons. The maximum atomic E-state index is 11.0. The number of rotatable bonds is 3. The average molecular weight is 272 g/mol. The van der Waals surface area contributed by atoms with E-state index >= 15 is 0 Å². The molecule has 2 rings (SSSR count). The Balaban J connectivity index is 2.23. The predicted octanol–water partition coefficient (Wildman–Crippen LogP) is 3.14. The van der Waals surface area contributed by atoms with Gasteiger partial charge in [0.2, 0.25) is 0 Å². The van der Waals surface area contributed by atoms with E-state index in [4.69, 9.17) is 5.11 Å². The highest BCUT2D eigenvalue weighted by atomic mass is 79.9. The van der Waals surface area contributed by atoms with E-state index in [-0.39, 0.29) is 0 Å². The van der Waals surface area contributed by atoms with Gasteiger partial charge >= 0.3 is 5.97 Å². The molecule has 3 nitrogen and oxygen atoms in total. The van der Waals surface area contributed by atoms with Crippen molar-refractivity contribution >= 4 is 21.9 Å². The first kappa shape index (κ1) is 10.7. The smallest absolute Gasteiger partial charge is 0.352 e. The highest BCUT2D eigenvalue weighted by Gasteiger charge is 2.33. The second kappa shape index (κ2) is 3.67. The number of nitrogens with zero attached hydrogens (tertiary/aromatic N) is 1. The highest BCUT2D eigenvalue weighted by molar-refractivity contribution is 9.10. The van der Waals surface area contributed by atoms with Crippen LogP contribution in [0.25, 0.3) is 0 Å². The fourth-order valence-electron chi connectivity index (χ4n) is 2.13. The molecule has 0 aliphatic heterocycles. The van der Waals surface area contributed by atoms with Crippen LogP contribution in [0.1, 0.15) is 36.7 Å². The van der Waals surface area contributed by atoms with Gasteiger partial charge in [0.15, 0.2) is 0 Å². The Morgan fingerprint density at radius 1 is 1.67 bits per heavy atom. The van der Waals surface area contributed by atoms with Crippen LogP contribution in [0.4, 0.5) is 0 Å². The SMILES string of the molecule is CC1(Cn2cc(Br)cc2C(=O)O)CCC1. The van der Waals surface area contributed by atoms with Crippen LogP contribution in [0.2, 0.25) is 0 Å². The van der Waals surface area contributed by atoms with E-state index in [0.717, 1.165) is 11.0 Å². The summed E-state index contributed by atoms with van der Waals surface area (Å²) >= 11 is 3.31. The monoisotopic (exact) mass is 271 g/mol. The quantitative estimate of drug-likeness (QED) is 0.918. The van der Waals surface area contributed by atoms with Gasteiger partial charge in [-0.2, -0.15) is 0 Å². The molecule has 1 fully saturated rings. The zero-order chi connectivity index (χ0) is 11.1. The summed E-state index contributed by atoms with van der Waals surface area (Å²) in [5.41, 5.74) is 0.665. The fraction of sp³-hybridized carbons (Fsp3) is 0.545. The predicted molar refractivity (Wildman–Crippen MR) is 61.0 cm³/mol. The number of carbonyl (C=O) groups is 1. The maximum absolute atomic E-state index is 11.0. The summed E-state index contributed by atoms with van der Waals surface area (Å²) in [5, 5.41) is 9.02. The first-order valence-corrected chi connectivity index (χ1v) is 5.88. The molecule has 0 bridgehead atoms. The minimum atomic E-state index is -0.858. The topological polar surface area (TPSA) is 42.2 Å². The van der Waals surface area contributed by atoms with Gasteiger partial charge in [-0.3, -0.25) is 0 Å². The third kappa shape index (κ3) is 2.09. The summed E-state index contributed by atoms with van der Waals surface area (Å²) in [5.74, 6) is -0.858. The van der Waals surface area contributed by atoms with Crippen molar-refractivity contribution in [3.8, 4) is 0 Å². The average Bonchev–Trinajstić information content (AvgIpc) is 2.44. The largest absolute Gasteiger partial charge is 0.477 e. The third-order valence-electron chi connectivity index (χ3n) is 3.20. The Bertz CT molecular complexity index is 393. The van der Waals surface area contributed by atoms with Crippen LogP contribution in [0, 0.1) is 5.41 Å². The summed E-state index contributed by atoms with van der Waals surface area (Å²) in [7, 11) is 0. The Hall–Kier alpha value is -0.770. The number of halogens is 1. The summed E-state index contributed by atoms with van der Waals surface area (Å²) in [6, 6.07) is 1.66. The molecule has 1 aliphatic rings. The summed E-state index contributed by atoms with van der Waals surface area (Å²) < 4.78 is 2.67. The van der Waals surface area contributed by atoms with Gasteiger partial charge < -0.3 is 9.67 Å². The molecule has 0 amide bonds. The normalized spacial score (nSPS) is 18.5. The number of carboxylic acids is 1. The van der Waals surface area contributed by atoms with E-state index in [2.05, 4.69) is 22.9 Å². The first-order valence-electron chi connectivity index (χ1n) is 5.09. The van der Waals surface area contributed by atoms with Crippen molar-refractivity contribution in [2.24, 2.45) is 5.41 Å². The lowest BCUT2D eigenvalue weighted by molar-refractivity contribution is 0.0673. The molecule has 1 aromatic rings. The number of hydrogen-bond acceptors (Lipinski definition) is 1. The molecule has 1 aromatic heterocycles. The number of carboxylic acid groups (broad SMARTS) is 1. The number of hydrogen-bond donors (Lipinski definition) is 1. The summed E-state index contributed by atoms with van der Waals surface area (Å²) in [6.45, 7) is 3.02. The van der Waals surface area contributed by atoms with Gasteiger partial charge in [-0.1, -0.05) is 13.3 Å². The van der Waals surface area contributed by atoms with Gasteiger partial charge in [0, 0.05) is 17.2 Å². The van der Waals surface area contributed by atoms with Crippen molar-refractivity contribution in [1.82, 2.24) is 4.57 Å². The molecule has 1 aliphatic carbocycles. The Morgan fingerprint density at radius 2 is 2.33 bits per heavy atom. The minimum absolute atomic E-state index is 0.294. The van der Waals surface area contributed by atoms with Crippen LogP contribution in [-0.4, -0.2) is 15.6 Å². The van der Waals surface area contributed by atoms with Crippen LogP contribution in [-0.2, 0) is 6.54 Å². The second-order valence-electron chi connectivity index (χ2n) is 4.64. The molecule has 0 spiro atoms. The Kier molecular flexibility index (Phi) is 2.63. The van der Waals surface area contributed by atoms with Crippen molar-refractivity contribution < 1.29 is 9.90 Å². The zero-order valence-electron chi connectivity index (χ0n) is 8.66. The van der Waals surface area contributed by atoms with Gasteiger partial charge in [0.05, 0.1) is 0 Å². The van der Waals surface area contributed by atoms with Crippen LogP contribution in [0.5, 0.6) is 0 Å². The second-order valence-corrected chi connectivity index (χ2v) is 5.56. The fourth-order valence-corrected chi connectivity index (χ4v) is 2.60. The van der Waals surface area contributed by atoms with Crippen LogP contribution >= 0.6 is 15.9 Å². The highest BCUT2D eigenvalue weighted by Crippen LogP contribution is 2.42. The Labute approximate surface area is 97.2 Å². The number of aromatic nitrogens is 1. The lowest BCUT2D eigenvalue weighted by Gasteiger charge is -2.38. The Morgan fingerprint density at radius 3 is 2.80 bits per heavy atom. The molecule has 1 heterocycles. The molecule has 0 radical (unpaired) electrons. The lowest BCUT2D eigenvalue weighted by atomic mass is 9.70.